The largest absolute Gasteiger partial charge is 0.485 e. The van der Waals surface area contributed by atoms with E-state index in [0.29, 0.717) is 29.6 Å². The first-order valence-electron chi connectivity index (χ1n) is 10.2. The van der Waals surface area contributed by atoms with Crippen LogP contribution in [0.15, 0.2) is 59.0 Å². The zero-order valence-electron chi connectivity index (χ0n) is 17.3. The number of aryl methyl sites for hydroxylation is 1. The van der Waals surface area contributed by atoms with Gasteiger partial charge in [-0.15, -0.1) is 0 Å². The number of piperazine rings is 1. The van der Waals surface area contributed by atoms with Crippen molar-refractivity contribution in [3.8, 4) is 5.75 Å². The van der Waals surface area contributed by atoms with Gasteiger partial charge >= 0.3 is 0 Å². The molecule has 7 heteroatoms. The molecule has 0 radical (unpaired) electrons. The van der Waals surface area contributed by atoms with Crippen molar-refractivity contribution in [2.45, 2.75) is 20.1 Å². The van der Waals surface area contributed by atoms with E-state index in [9.17, 15) is 4.79 Å². The lowest BCUT2D eigenvalue weighted by Gasteiger charge is -2.34. The topological polar surface area (TPSA) is 45.9 Å². The summed E-state index contributed by atoms with van der Waals surface area (Å²) in [7, 11) is 0. The van der Waals surface area contributed by atoms with Gasteiger partial charge in [0.2, 0.25) is 0 Å². The quantitative estimate of drug-likeness (QED) is 0.493. The van der Waals surface area contributed by atoms with Crippen molar-refractivity contribution >= 4 is 29.1 Å². The second-order valence-electron chi connectivity index (χ2n) is 7.66. The Kier molecular flexibility index (Phi) is 6.86. The molecule has 0 unspecified atom stereocenters. The summed E-state index contributed by atoms with van der Waals surface area (Å²) in [6, 6.07) is 16.9. The van der Waals surface area contributed by atoms with Crippen LogP contribution in [0.5, 0.6) is 5.75 Å². The lowest BCUT2D eigenvalue weighted by molar-refractivity contribution is 0.0594. The number of halogens is 2. The minimum atomic E-state index is -0.0867. The molecule has 162 valence electrons. The van der Waals surface area contributed by atoms with Crippen LogP contribution in [0.1, 0.15) is 27.4 Å². The number of nitrogens with zero attached hydrogens (tertiary/aromatic N) is 2. The number of ether oxygens (including phenoxy) is 1. The maximum absolute atomic E-state index is 12.8. The maximum Gasteiger partial charge on any atom is 0.289 e. The van der Waals surface area contributed by atoms with Gasteiger partial charge in [0.15, 0.2) is 5.76 Å². The van der Waals surface area contributed by atoms with Crippen molar-refractivity contribution in [3.63, 3.8) is 0 Å². The number of rotatable bonds is 6. The average Bonchev–Trinajstić information content (AvgIpc) is 3.22. The number of amides is 1. The molecule has 1 aliphatic heterocycles. The van der Waals surface area contributed by atoms with Gasteiger partial charge < -0.3 is 14.1 Å². The molecule has 0 bridgehead atoms. The van der Waals surface area contributed by atoms with Crippen LogP contribution in [0.4, 0.5) is 0 Å². The summed E-state index contributed by atoms with van der Waals surface area (Å²) in [4.78, 5) is 17.0. The third-order valence-electron chi connectivity index (χ3n) is 5.33. The molecule has 0 spiro atoms. The van der Waals surface area contributed by atoms with Crippen LogP contribution in [-0.2, 0) is 13.2 Å². The van der Waals surface area contributed by atoms with Crippen molar-refractivity contribution in [3.05, 3.63) is 87.3 Å². The SMILES string of the molecule is Cc1cc(Cl)ccc1OCc1ccc(C(=O)N2CCN(Cc3cccc(Cl)c3)CC2)o1. The normalized spacial score (nSPS) is 14.6. The number of hydrogen-bond acceptors (Lipinski definition) is 4. The van der Waals surface area contributed by atoms with E-state index in [0.717, 1.165) is 36.0 Å². The van der Waals surface area contributed by atoms with Crippen molar-refractivity contribution in [1.82, 2.24) is 9.80 Å². The van der Waals surface area contributed by atoms with Crippen LogP contribution in [-0.4, -0.2) is 41.9 Å². The molecule has 5 nitrogen and oxygen atoms in total. The second kappa shape index (κ2) is 9.77. The fourth-order valence-electron chi connectivity index (χ4n) is 3.65. The number of carbonyl (C=O) groups excluding carboxylic acids is 1. The third-order valence-corrected chi connectivity index (χ3v) is 5.80. The fraction of sp³-hybridized carbons (Fsp3) is 0.292. The van der Waals surface area contributed by atoms with Crippen molar-refractivity contribution in [1.29, 1.82) is 0 Å². The number of benzene rings is 2. The smallest absolute Gasteiger partial charge is 0.289 e. The Morgan fingerprint density at radius 1 is 1.00 bits per heavy atom. The van der Waals surface area contributed by atoms with Crippen LogP contribution in [0.2, 0.25) is 10.0 Å². The molecule has 31 heavy (non-hydrogen) atoms. The van der Waals surface area contributed by atoms with Gasteiger partial charge in [-0.2, -0.15) is 0 Å². The number of hydrogen-bond donors (Lipinski definition) is 0. The highest BCUT2D eigenvalue weighted by atomic mass is 35.5. The van der Waals surface area contributed by atoms with E-state index >= 15 is 0 Å². The maximum atomic E-state index is 12.8. The Labute approximate surface area is 192 Å². The first-order chi connectivity index (χ1) is 15.0. The molecule has 0 saturated carbocycles. The highest BCUT2D eigenvalue weighted by Crippen LogP contribution is 2.23. The van der Waals surface area contributed by atoms with Gasteiger partial charge in [0.05, 0.1) is 0 Å². The lowest BCUT2D eigenvalue weighted by atomic mass is 10.2. The summed E-state index contributed by atoms with van der Waals surface area (Å²) in [5, 5.41) is 1.42. The first kappa shape index (κ1) is 21.8. The predicted octanol–water partition coefficient (Wildman–Crippen LogP) is 5.43. The summed E-state index contributed by atoms with van der Waals surface area (Å²) in [6.45, 7) is 5.96. The molecule has 1 aliphatic rings. The summed E-state index contributed by atoms with van der Waals surface area (Å²) >= 11 is 12.0. The van der Waals surface area contributed by atoms with Gasteiger partial charge in [-0.3, -0.25) is 9.69 Å². The number of carbonyl (C=O) groups is 1. The van der Waals surface area contributed by atoms with Gasteiger partial charge in [-0.1, -0.05) is 35.3 Å². The molecule has 0 atom stereocenters. The Morgan fingerprint density at radius 2 is 1.77 bits per heavy atom. The molecule has 0 N–H and O–H groups in total. The van der Waals surface area contributed by atoms with E-state index in [1.54, 1.807) is 18.2 Å². The van der Waals surface area contributed by atoms with Crippen molar-refractivity contribution in [2.24, 2.45) is 0 Å². The van der Waals surface area contributed by atoms with Crippen LogP contribution in [0, 0.1) is 6.92 Å². The summed E-state index contributed by atoms with van der Waals surface area (Å²) in [5.74, 6) is 1.60. The molecular weight excluding hydrogens is 435 g/mol. The molecule has 0 aliphatic carbocycles. The molecule has 1 amide bonds. The van der Waals surface area contributed by atoms with Gasteiger partial charge in [0.1, 0.15) is 18.1 Å². The van der Waals surface area contributed by atoms with E-state index < -0.39 is 0 Å². The van der Waals surface area contributed by atoms with Crippen molar-refractivity contribution < 1.29 is 13.9 Å². The van der Waals surface area contributed by atoms with E-state index in [2.05, 4.69) is 11.0 Å². The van der Waals surface area contributed by atoms with Crippen LogP contribution >= 0.6 is 23.2 Å². The zero-order chi connectivity index (χ0) is 21.8. The predicted molar refractivity (Wildman–Crippen MR) is 122 cm³/mol. The summed E-state index contributed by atoms with van der Waals surface area (Å²) < 4.78 is 11.6. The molecule has 3 aromatic rings. The standard InChI is InChI=1S/C24H24Cl2N2O3/c1-17-13-20(26)5-7-22(17)30-16-21-6-8-23(31-21)24(29)28-11-9-27(10-12-28)15-18-3-2-4-19(25)14-18/h2-8,13-14H,9-12,15-16H2,1H3. The van der Waals surface area contributed by atoms with E-state index in [-0.39, 0.29) is 12.5 Å². The minimum Gasteiger partial charge on any atom is -0.485 e. The molecule has 2 aromatic carbocycles. The molecule has 2 heterocycles. The Hall–Kier alpha value is -2.47. The van der Waals surface area contributed by atoms with Gasteiger partial charge in [-0.25, -0.2) is 0 Å². The molecule has 1 fully saturated rings. The van der Waals surface area contributed by atoms with Crippen LogP contribution in [0.3, 0.4) is 0 Å². The highest BCUT2D eigenvalue weighted by Gasteiger charge is 2.24. The van der Waals surface area contributed by atoms with E-state index in [1.165, 1.54) is 5.56 Å². The molecule has 1 saturated heterocycles. The average molecular weight is 459 g/mol. The lowest BCUT2D eigenvalue weighted by Crippen LogP contribution is -2.48. The molecule has 1 aromatic heterocycles. The van der Waals surface area contributed by atoms with Gasteiger partial charge in [0.25, 0.3) is 5.91 Å². The first-order valence-corrected chi connectivity index (χ1v) is 11.0. The van der Waals surface area contributed by atoms with E-state index in [4.69, 9.17) is 32.4 Å². The summed E-state index contributed by atoms with van der Waals surface area (Å²) in [5.41, 5.74) is 2.13. The Bertz CT molecular complexity index is 1060. The van der Waals surface area contributed by atoms with Crippen LogP contribution < -0.4 is 4.74 Å². The third kappa shape index (κ3) is 5.62. The van der Waals surface area contributed by atoms with E-state index in [1.807, 2.05) is 42.2 Å². The van der Waals surface area contributed by atoms with Crippen molar-refractivity contribution in [2.75, 3.05) is 26.2 Å². The zero-order valence-corrected chi connectivity index (χ0v) is 18.8. The van der Waals surface area contributed by atoms with Crippen LogP contribution in [0.25, 0.3) is 0 Å². The minimum absolute atomic E-state index is 0.0867. The molecular formula is C24H24Cl2N2O3. The monoisotopic (exact) mass is 458 g/mol. The fourth-order valence-corrected chi connectivity index (χ4v) is 4.09. The molecule has 4 rings (SSSR count). The number of furan rings is 1. The Morgan fingerprint density at radius 3 is 2.52 bits per heavy atom. The Balaban J connectivity index is 1.29. The second-order valence-corrected chi connectivity index (χ2v) is 8.54. The van der Waals surface area contributed by atoms with Gasteiger partial charge in [-0.05, 0) is 60.5 Å². The van der Waals surface area contributed by atoms with Gasteiger partial charge in [0, 0.05) is 42.8 Å². The highest BCUT2D eigenvalue weighted by molar-refractivity contribution is 6.30. The summed E-state index contributed by atoms with van der Waals surface area (Å²) in [6.07, 6.45) is 0.